The van der Waals surface area contributed by atoms with Crippen molar-refractivity contribution in [2.45, 2.75) is 29.9 Å². The van der Waals surface area contributed by atoms with E-state index in [0.717, 1.165) is 12.1 Å². The number of primary sulfonamides is 1. The van der Waals surface area contributed by atoms with Crippen molar-refractivity contribution in [3.05, 3.63) is 47.7 Å². The fourth-order valence-electron chi connectivity index (χ4n) is 3.26. The van der Waals surface area contributed by atoms with Gasteiger partial charge in [0.25, 0.3) is 15.9 Å². The number of nitrogens with one attached hydrogen (secondary N) is 1. The highest BCUT2D eigenvalue weighted by atomic mass is 32.2. The number of nitrogens with two attached hydrogens (primary N) is 1. The van der Waals surface area contributed by atoms with E-state index in [1.807, 2.05) is 0 Å². The van der Waals surface area contributed by atoms with Crippen LogP contribution in [0.25, 0.3) is 0 Å². The summed E-state index contributed by atoms with van der Waals surface area (Å²) in [5.41, 5.74) is 0.463. The summed E-state index contributed by atoms with van der Waals surface area (Å²) in [6.07, 6.45) is 1.26. The van der Waals surface area contributed by atoms with Crippen molar-refractivity contribution in [3.8, 4) is 5.75 Å². The lowest BCUT2D eigenvalue weighted by Gasteiger charge is -2.32. The lowest BCUT2D eigenvalue weighted by molar-refractivity contribution is -0.131. The highest BCUT2D eigenvalue weighted by Crippen LogP contribution is 2.38. The molecule has 1 fully saturated rings. The van der Waals surface area contributed by atoms with Gasteiger partial charge in [-0.2, -0.15) is 4.39 Å². The summed E-state index contributed by atoms with van der Waals surface area (Å²) >= 11 is 0. The Morgan fingerprint density at radius 3 is 2.79 bits per heavy atom. The zero-order chi connectivity index (χ0) is 21.2. The molecule has 0 spiro atoms. The maximum atomic E-state index is 14.1. The first kappa shape index (κ1) is 21.1. The van der Waals surface area contributed by atoms with Crippen LogP contribution in [-0.2, 0) is 19.6 Å². The molecule has 11 heteroatoms. The number of carbonyl (C=O) groups excluding carboxylic acids is 1. The molecule has 8 nitrogen and oxygen atoms in total. The number of benzene rings is 1. The third-order valence-corrected chi connectivity index (χ3v) is 5.36. The first-order valence-corrected chi connectivity index (χ1v) is 10.2. The van der Waals surface area contributed by atoms with Gasteiger partial charge in [0.05, 0.1) is 7.11 Å². The molecule has 0 aliphatic carbocycles. The molecule has 2 atom stereocenters. The van der Waals surface area contributed by atoms with Gasteiger partial charge in [-0.05, 0) is 25.0 Å². The molecule has 2 heterocycles. The second-order valence-corrected chi connectivity index (χ2v) is 7.95. The molecule has 1 aliphatic rings. The number of methoxy groups -OCH3 is 1. The number of ether oxygens (including phenoxy) is 2. The van der Waals surface area contributed by atoms with E-state index in [0.29, 0.717) is 25.0 Å². The Bertz CT molecular complexity index is 1030. The molecule has 0 radical (unpaired) electrons. The Morgan fingerprint density at radius 1 is 1.34 bits per heavy atom. The molecule has 156 valence electrons. The minimum atomic E-state index is -4.04. The topological polar surface area (TPSA) is 121 Å². The molecule has 0 saturated carbocycles. The van der Waals surface area contributed by atoms with Gasteiger partial charge in [-0.25, -0.2) is 22.9 Å². The van der Waals surface area contributed by atoms with Crippen LogP contribution < -0.4 is 15.2 Å². The number of hydrogen-bond acceptors (Lipinski definition) is 6. The number of carbonyl (C=O) groups is 1. The Labute approximate surface area is 166 Å². The van der Waals surface area contributed by atoms with E-state index >= 15 is 0 Å². The molecule has 3 N–H and O–H groups in total. The van der Waals surface area contributed by atoms with Crippen LogP contribution in [0.5, 0.6) is 5.75 Å². The number of aromatic nitrogens is 1. The molecular weight excluding hydrogens is 408 g/mol. The van der Waals surface area contributed by atoms with Gasteiger partial charge in [-0.3, -0.25) is 4.79 Å². The lowest BCUT2D eigenvalue weighted by atomic mass is 9.86. The predicted octanol–water partition coefficient (Wildman–Crippen LogP) is 1.92. The van der Waals surface area contributed by atoms with E-state index in [2.05, 4.69) is 10.3 Å². The highest BCUT2D eigenvalue weighted by molar-refractivity contribution is 7.89. The number of amides is 1. The zero-order valence-corrected chi connectivity index (χ0v) is 16.2. The van der Waals surface area contributed by atoms with Gasteiger partial charge in [0.1, 0.15) is 6.10 Å². The molecule has 3 rings (SSSR count). The second kappa shape index (κ2) is 8.39. The highest BCUT2D eigenvalue weighted by Gasteiger charge is 2.36. The van der Waals surface area contributed by atoms with Crippen molar-refractivity contribution in [3.63, 3.8) is 0 Å². The lowest BCUT2D eigenvalue weighted by Crippen LogP contribution is -2.39. The van der Waals surface area contributed by atoms with Crippen molar-refractivity contribution < 1.29 is 31.5 Å². The number of halogens is 2. The molecule has 1 aromatic heterocycles. The number of sulfonamides is 1. The maximum absolute atomic E-state index is 14.1. The fraction of sp³-hybridized carbons (Fsp3) is 0.333. The average molecular weight is 427 g/mol. The number of anilines is 1. The third-order valence-electron chi connectivity index (χ3n) is 4.56. The number of rotatable bonds is 5. The first-order valence-electron chi connectivity index (χ1n) is 8.65. The zero-order valence-electron chi connectivity index (χ0n) is 15.4. The Kier molecular flexibility index (Phi) is 6.10. The summed E-state index contributed by atoms with van der Waals surface area (Å²) in [5.74, 6) is -3.64. The number of pyridine rings is 1. The van der Waals surface area contributed by atoms with Gasteiger partial charge in [0.15, 0.2) is 16.6 Å². The molecule has 2 aromatic rings. The first-order chi connectivity index (χ1) is 13.7. The monoisotopic (exact) mass is 427 g/mol. The smallest absolute Gasteiger partial charge is 0.255 e. The van der Waals surface area contributed by atoms with Crippen molar-refractivity contribution in [2.24, 2.45) is 5.14 Å². The minimum absolute atomic E-state index is 0.152. The molecule has 0 bridgehead atoms. The Hall–Kier alpha value is -2.63. The van der Waals surface area contributed by atoms with E-state index in [1.165, 1.54) is 25.4 Å². The van der Waals surface area contributed by atoms with Gasteiger partial charge < -0.3 is 14.8 Å². The van der Waals surface area contributed by atoms with Gasteiger partial charge in [-0.15, -0.1) is 0 Å². The van der Waals surface area contributed by atoms with Crippen molar-refractivity contribution in [1.82, 2.24) is 4.98 Å². The molecular formula is C18H19F2N3O5S. The third kappa shape index (κ3) is 4.52. The van der Waals surface area contributed by atoms with Crippen LogP contribution in [0, 0.1) is 11.6 Å². The summed E-state index contributed by atoms with van der Waals surface area (Å²) in [7, 11) is -2.83. The second-order valence-electron chi connectivity index (χ2n) is 6.44. The van der Waals surface area contributed by atoms with Gasteiger partial charge in [-0.1, -0.05) is 6.07 Å². The predicted molar refractivity (Wildman–Crippen MR) is 98.9 cm³/mol. The van der Waals surface area contributed by atoms with E-state index < -0.39 is 44.6 Å². The van der Waals surface area contributed by atoms with Crippen molar-refractivity contribution >= 4 is 21.6 Å². The normalized spacial score (nSPS) is 19.6. The summed E-state index contributed by atoms with van der Waals surface area (Å²) in [4.78, 5) is 16.5. The van der Waals surface area contributed by atoms with E-state index in [4.69, 9.17) is 14.6 Å². The Morgan fingerprint density at radius 2 is 2.10 bits per heavy atom. The molecule has 1 saturated heterocycles. The maximum Gasteiger partial charge on any atom is 0.255 e. The Balaban J connectivity index is 1.89. The van der Waals surface area contributed by atoms with Gasteiger partial charge in [0.2, 0.25) is 5.82 Å². The fourth-order valence-corrected chi connectivity index (χ4v) is 3.76. The summed E-state index contributed by atoms with van der Waals surface area (Å²) in [6.45, 7) is 0.305. The van der Waals surface area contributed by atoms with Crippen LogP contribution in [0.3, 0.4) is 0 Å². The van der Waals surface area contributed by atoms with Crippen LogP contribution in [0.4, 0.5) is 14.5 Å². The largest absolute Gasteiger partial charge is 0.493 e. The molecule has 1 aromatic carbocycles. The average Bonchev–Trinajstić information content (AvgIpc) is 2.69. The SMILES string of the molecule is COc1c(C2CCCO[C@@H]2C(=O)Nc2ccnc(S(N)(=O)=O)c2)ccc(F)c1F. The minimum Gasteiger partial charge on any atom is -0.493 e. The molecule has 1 amide bonds. The van der Waals surface area contributed by atoms with E-state index in [1.54, 1.807) is 0 Å². The van der Waals surface area contributed by atoms with Crippen molar-refractivity contribution in [1.29, 1.82) is 0 Å². The van der Waals surface area contributed by atoms with Gasteiger partial charge >= 0.3 is 0 Å². The quantitative estimate of drug-likeness (QED) is 0.752. The van der Waals surface area contributed by atoms with Crippen molar-refractivity contribution in [2.75, 3.05) is 19.0 Å². The van der Waals surface area contributed by atoms with Crippen LogP contribution in [0.15, 0.2) is 35.5 Å². The summed E-state index contributed by atoms with van der Waals surface area (Å²) < 4.78 is 61.2. The molecule has 1 aliphatic heterocycles. The number of hydrogen-bond donors (Lipinski definition) is 2. The van der Waals surface area contributed by atoms with E-state index in [9.17, 15) is 22.0 Å². The van der Waals surface area contributed by atoms with Crippen LogP contribution >= 0.6 is 0 Å². The van der Waals surface area contributed by atoms with Crippen LogP contribution in [0.2, 0.25) is 0 Å². The van der Waals surface area contributed by atoms with Crippen LogP contribution in [-0.4, -0.2) is 39.1 Å². The molecule has 29 heavy (non-hydrogen) atoms. The van der Waals surface area contributed by atoms with E-state index in [-0.39, 0.29) is 11.4 Å². The van der Waals surface area contributed by atoms with Crippen LogP contribution in [0.1, 0.15) is 24.3 Å². The standard InChI is InChI=1S/C18H19F2N3O5S/c1-27-16-12(4-5-13(19)15(16)20)11-3-2-8-28-17(11)18(24)23-10-6-7-22-14(9-10)29(21,25)26/h4-7,9,11,17H,2-3,8H2,1H3,(H2,21,25,26)(H,22,23,24)/t11?,17-/m0/s1. The summed E-state index contributed by atoms with van der Waals surface area (Å²) in [6, 6.07) is 4.84. The van der Waals surface area contributed by atoms with Gasteiger partial charge in [0, 0.05) is 36.0 Å². The number of nitrogens with zero attached hydrogens (tertiary/aromatic N) is 1. The molecule has 1 unspecified atom stereocenters. The summed E-state index contributed by atoms with van der Waals surface area (Å²) in [5, 5.41) is 7.20.